The molecule has 0 unspecified atom stereocenters. The highest BCUT2D eigenvalue weighted by Crippen LogP contribution is 2.46. The van der Waals surface area contributed by atoms with Crippen molar-refractivity contribution < 1.29 is 14.4 Å². The van der Waals surface area contributed by atoms with Crippen LogP contribution in [-0.4, -0.2) is 29.4 Å². The summed E-state index contributed by atoms with van der Waals surface area (Å²) in [5.74, 6) is -0.938. The molecule has 0 radical (unpaired) electrons. The van der Waals surface area contributed by atoms with Crippen LogP contribution in [0.1, 0.15) is 31.4 Å². The van der Waals surface area contributed by atoms with Crippen molar-refractivity contribution >= 4 is 29.1 Å². The largest absolute Gasteiger partial charge is 0.280 e. The Kier molecular flexibility index (Phi) is 4.89. The van der Waals surface area contributed by atoms with E-state index in [0.29, 0.717) is 11.6 Å². The van der Waals surface area contributed by atoms with Crippen LogP contribution in [0.5, 0.6) is 0 Å². The summed E-state index contributed by atoms with van der Waals surface area (Å²) in [7, 11) is 0. The predicted octanol–water partition coefficient (Wildman–Crippen LogP) is 3.99. The van der Waals surface area contributed by atoms with Gasteiger partial charge in [0.2, 0.25) is 5.91 Å². The summed E-state index contributed by atoms with van der Waals surface area (Å²) in [5.41, 5.74) is 1.71. The van der Waals surface area contributed by atoms with Gasteiger partial charge in [-0.3, -0.25) is 19.3 Å². The third kappa shape index (κ3) is 3.11. The number of carbonyl (C=O) groups excluding carboxylic acids is 2. The van der Waals surface area contributed by atoms with Crippen LogP contribution in [0.2, 0.25) is 5.02 Å². The monoisotopic (exact) mass is 384 g/mol. The van der Waals surface area contributed by atoms with Crippen molar-refractivity contribution in [2.45, 2.75) is 31.9 Å². The van der Waals surface area contributed by atoms with E-state index in [1.807, 2.05) is 49.4 Å². The van der Waals surface area contributed by atoms with E-state index in [4.69, 9.17) is 16.4 Å². The Labute approximate surface area is 163 Å². The minimum atomic E-state index is -0.782. The van der Waals surface area contributed by atoms with E-state index in [9.17, 15) is 9.59 Å². The van der Waals surface area contributed by atoms with Crippen LogP contribution in [0.4, 0.5) is 5.69 Å². The number of anilines is 1. The summed E-state index contributed by atoms with van der Waals surface area (Å²) in [6.45, 7) is 2.49. The first-order chi connectivity index (χ1) is 13.1. The molecule has 27 heavy (non-hydrogen) atoms. The molecule has 2 amide bonds. The molecule has 0 spiro atoms. The minimum absolute atomic E-state index is 0.149. The number of rotatable bonds is 5. The van der Waals surface area contributed by atoms with Gasteiger partial charge in [0, 0.05) is 11.6 Å². The summed E-state index contributed by atoms with van der Waals surface area (Å²) in [6.07, 6.45) is 0.940. The molecule has 2 fully saturated rings. The highest BCUT2D eigenvalue weighted by molar-refractivity contribution is 6.30. The molecule has 5 nitrogen and oxygen atoms in total. The number of hydroxylamine groups is 1. The molecule has 2 saturated heterocycles. The van der Waals surface area contributed by atoms with Crippen molar-refractivity contribution in [1.82, 2.24) is 4.90 Å². The Morgan fingerprint density at radius 1 is 1.00 bits per heavy atom. The minimum Gasteiger partial charge on any atom is -0.280 e. The summed E-state index contributed by atoms with van der Waals surface area (Å²) >= 11 is 6.01. The summed E-state index contributed by atoms with van der Waals surface area (Å²) in [5, 5.41) is 2.31. The van der Waals surface area contributed by atoms with E-state index in [1.165, 1.54) is 4.90 Å². The highest BCUT2D eigenvalue weighted by Gasteiger charge is 2.59. The predicted molar refractivity (Wildman–Crippen MR) is 103 cm³/mol. The van der Waals surface area contributed by atoms with Crippen LogP contribution in [-0.2, 0) is 14.4 Å². The molecule has 2 aromatic carbocycles. The second-order valence-corrected chi connectivity index (χ2v) is 7.33. The first kappa shape index (κ1) is 18.0. The number of likely N-dealkylation sites (tertiary alicyclic amines) is 1. The van der Waals surface area contributed by atoms with Gasteiger partial charge in [0.1, 0.15) is 5.92 Å². The van der Waals surface area contributed by atoms with E-state index in [0.717, 1.165) is 24.1 Å². The summed E-state index contributed by atoms with van der Waals surface area (Å²) in [4.78, 5) is 33.4. The first-order valence-electron chi connectivity index (χ1n) is 9.23. The van der Waals surface area contributed by atoms with Gasteiger partial charge in [-0.05, 0) is 36.2 Å². The molecule has 0 saturated carbocycles. The van der Waals surface area contributed by atoms with Crippen LogP contribution in [0.15, 0.2) is 54.6 Å². The second kappa shape index (κ2) is 7.33. The quantitative estimate of drug-likeness (QED) is 0.731. The highest BCUT2D eigenvalue weighted by atomic mass is 35.5. The first-order valence-corrected chi connectivity index (χ1v) is 9.61. The lowest BCUT2D eigenvalue weighted by Gasteiger charge is -2.28. The number of hydrogen-bond donors (Lipinski definition) is 0. The molecular formula is C21H21ClN2O3. The van der Waals surface area contributed by atoms with Gasteiger partial charge in [-0.25, -0.2) is 5.06 Å². The SMILES string of the molecule is CCCCN1C(=O)[C@@H]2[C@H](ON(c3ccc(Cl)cc3)[C@H]2c2ccccc2)C1=O. The standard InChI is InChI=1S/C21H21ClN2O3/c1-2-3-13-23-20(25)17-18(14-7-5-4-6-8-14)24(27-19(17)21(23)26)16-11-9-15(22)10-12-16/h4-12,17-19H,2-3,13H2,1H3/t17-,18-,19-/m0/s1. The maximum Gasteiger partial charge on any atom is 0.261 e. The van der Waals surface area contributed by atoms with E-state index in [2.05, 4.69) is 0 Å². The molecule has 2 heterocycles. The van der Waals surface area contributed by atoms with Gasteiger partial charge in [-0.2, -0.15) is 0 Å². The average Bonchev–Trinajstić information content (AvgIpc) is 3.19. The Morgan fingerprint density at radius 2 is 1.70 bits per heavy atom. The molecule has 0 aliphatic carbocycles. The van der Waals surface area contributed by atoms with E-state index >= 15 is 0 Å². The zero-order valence-corrected chi connectivity index (χ0v) is 15.8. The van der Waals surface area contributed by atoms with Crippen LogP contribution < -0.4 is 5.06 Å². The number of halogens is 1. The number of fused-ring (bicyclic) bond motifs is 1. The van der Waals surface area contributed by atoms with Gasteiger partial charge in [0.15, 0.2) is 6.10 Å². The number of benzene rings is 2. The molecule has 3 atom stereocenters. The normalized spacial score (nSPS) is 24.6. The molecular weight excluding hydrogens is 364 g/mol. The number of carbonyl (C=O) groups is 2. The van der Waals surface area contributed by atoms with Gasteiger partial charge in [-0.1, -0.05) is 55.3 Å². The number of imide groups is 1. The van der Waals surface area contributed by atoms with E-state index < -0.39 is 12.0 Å². The zero-order valence-electron chi connectivity index (χ0n) is 15.0. The molecule has 140 valence electrons. The molecule has 0 bridgehead atoms. The number of unbranched alkanes of at least 4 members (excludes halogenated alkanes) is 1. The van der Waals surface area contributed by atoms with Crippen molar-refractivity contribution in [2.75, 3.05) is 11.6 Å². The van der Waals surface area contributed by atoms with Crippen LogP contribution in [0.25, 0.3) is 0 Å². The summed E-state index contributed by atoms with van der Waals surface area (Å²) in [6, 6.07) is 16.6. The van der Waals surface area contributed by atoms with Gasteiger partial charge >= 0.3 is 0 Å². The van der Waals surface area contributed by atoms with Gasteiger partial charge in [0.05, 0.1) is 11.7 Å². The number of hydrogen-bond acceptors (Lipinski definition) is 4. The van der Waals surface area contributed by atoms with Crippen molar-refractivity contribution in [3.8, 4) is 0 Å². The van der Waals surface area contributed by atoms with Crippen LogP contribution >= 0.6 is 11.6 Å². The molecule has 2 aromatic rings. The van der Waals surface area contributed by atoms with Crippen molar-refractivity contribution in [3.63, 3.8) is 0 Å². The van der Waals surface area contributed by atoms with Crippen molar-refractivity contribution in [1.29, 1.82) is 0 Å². The molecule has 4 rings (SSSR count). The molecule has 0 aromatic heterocycles. The third-order valence-electron chi connectivity index (χ3n) is 5.16. The number of amides is 2. The van der Waals surface area contributed by atoms with Crippen LogP contribution in [0, 0.1) is 5.92 Å². The lowest BCUT2D eigenvalue weighted by Crippen LogP contribution is -2.37. The molecule has 0 N–H and O–H groups in total. The van der Waals surface area contributed by atoms with Gasteiger partial charge in [0.25, 0.3) is 5.91 Å². The maximum absolute atomic E-state index is 13.1. The second-order valence-electron chi connectivity index (χ2n) is 6.89. The fourth-order valence-electron chi connectivity index (χ4n) is 3.81. The van der Waals surface area contributed by atoms with E-state index in [-0.39, 0.29) is 17.9 Å². The van der Waals surface area contributed by atoms with E-state index in [1.54, 1.807) is 17.2 Å². The Morgan fingerprint density at radius 3 is 2.37 bits per heavy atom. The Hall–Kier alpha value is -2.37. The average molecular weight is 385 g/mol. The van der Waals surface area contributed by atoms with Crippen molar-refractivity contribution in [2.24, 2.45) is 5.92 Å². The Bertz CT molecular complexity index is 840. The van der Waals surface area contributed by atoms with Gasteiger partial charge in [-0.15, -0.1) is 0 Å². The zero-order chi connectivity index (χ0) is 19.0. The lowest BCUT2D eigenvalue weighted by atomic mass is 9.90. The molecule has 6 heteroatoms. The summed E-state index contributed by atoms with van der Waals surface area (Å²) < 4.78 is 0. The number of nitrogens with zero attached hydrogens (tertiary/aromatic N) is 2. The molecule has 2 aliphatic rings. The Balaban J connectivity index is 1.73. The smallest absolute Gasteiger partial charge is 0.261 e. The van der Waals surface area contributed by atoms with Crippen LogP contribution in [0.3, 0.4) is 0 Å². The molecule has 2 aliphatic heterocycles. The van der Waals surface area contributed by atoms with Crippen molar-refractivity contribution in [3.05, 3.63) is 65.2 Å². The third-order valence-corrected chi connectivity index (χ3v) is 5.42. The topological polar surface area (TPSA) is 49.9 Å². The maximum atomic E-state index is 13.1. The lowest BCUT2D eigenvalue weighted by molar-refractivity contribution is -0.143. The van der Waals surface area contributed by atoms with Gasteiger partial charge < -0.3 is 0 Å². The fourth-order valence-corrected chi connectivity index (χ4v) is 3.94. The fraction of sp³-hybridized carbons (Fsp3) is 0.333.